The monoisotopic (exact) mass is 108 g/mol. The van der Waals surface area contributed by atoms with Crippen LogP contribution in [-0.2, 0) is 0 Å². The summed E-state index contributed by atoms with van der Waals surface area (Å²) in [5.41, 5.74) is 0.910. The van der Waals surface area contributed by atoms with Gasteiger partial charge in [0, 0.05) is 6.54 Å². The second-order valence-electron chi connectivity index (χ2n) is 1.61. The number of allylic oxidation sites excluding steroid dienone is 2. The smallest absolute Gasteiger partial charge is 0.324 e. The zero-order valence-corrected chi connectivity index (χ0v) is 4.46. The summed E-state index contributed by atoms with van der Waals surface area (Å²) in [6, 6.07) is 0. The van der Waals surface area contributed by atoms with Gasteiger partial charge in [0.05, 0.1) is 0 Å². The van der Waals surface area contributed by atoms with E-state index in [-0.39, 0.29) is 0 Å². The highest BCUT2D eigenvalue weighted by molar-refractivity contribution is 6.36. The molecule has 0 aliphatic carbocycles. The second kappa shape index (κ2) is 2.57. The number of rotatable bonds is 1. The minimum atomic E-state index is 0.729. The molecular formula is C5H7BNO. The summed E-state index contributed by atoms with van der Waals surface area (Å²) in [4.78, 5) is 0. The van der Waals surface area contributed by atoms with Gasteiger partial charge in [0.2, 0.25) is 0 Å². The molecule has 0 fully saturated rings. The van der Waals surface area contributed by atoms with Crippen LogP contribution < -0.4 is 5.32 Å². The highest BCUT2D eigenvalue weighted by Gasteiger charge is 1.96. The van der Waals surface area contributed by atoms with Crippen molar-refractivity contribution in [3.8, 4) is 0 Å². The minimum absolute atomic E-state index is 0.729. The van der Waals surface area contributed by atoms with Crippen LogP contribution in [0.5, 0.6) is 0 Å². The predicted octanol–water partition coefficient (Wildman–Crippen LogP) is -0.401. The molecule has 1 heterocycles. The Morgan fingerprint density at radius 3 is 3.00 bits per heavy atom. The summed E-state index contributed by atoms with van der Waals surface area (Å²) < 4.78 is 0. The first-order chi connectivity index (χ1) is 3.93. The molecule has 0 unspecified atom stereocenters. The average Bonchev–Trinajstić information content (AvgIpc) is 1.90. The number of hydrogen-bond donors (Lipinski definition) is 2. The van der Waals surface area contributed by atoms with Crippen LogP contribution in [0.15, 0.2) is 23.8 Å². The molecule has 1 rings (SSSR count). The van der Waals surface area contributed by atoms with E-state index >= 15 is 0 Å². The Kier molecular flexibility index (Phi) is 1.75. The van der Waals surface area contributed by atoms with E-state index in [0.717, 1.165) is 19.5 Å². The number of nitrogens with one attached hydrogen (secondary N) is 1. The molecule has 0 aromatic carbocycles. The van der Waals surface area contributed by atoms with Crippen LogP contribution in [-0.4, -0.2) is 19.1 Å². The summed E-state index contributed by atoms with van der Waals surface area (Å²) in [6.45, 7) is 0.729. The van der Waals surface area contributed by atoms with Crippen LogP contribution in [0, 0.1) is 0 Å². The van der Waals surface area contributed by atoms with E-state index < -0.39 is 0 Å². The number of hydrogen-bond acceptors (Lipinski definition) is 2. The predicted molar refractivity (Wildman–Crippen MR) is 33.2 cm³/mol. The lowest BCUT2D eigenvalue weighted by atomic mass is 9.87. The molecule has 2 nitrogen and oxygen atoms in total. The molecule has 0 bridgehead atoms. The van der Waals surface area contributed by atoms with Gasteiger partial charge in [-0.1, -0.05) is 11.5 Å². The molecule has 0 aromatic heterocycles. The summed E-state index contributed by atoms with van der Waals surface area (Å²) in [5, 5.41) is 11.4. The van der Waals surface area contributed by atoms with Gasteiger partial charge in [-0.3, -0.25) is 0 Å². The van der Waals surface area contributed by atoms with E-state index in [1.807, 2.05) is 18.4 Å². The lowest BCUT2D eigenvalue weighted by Gasteiger charge is -2.04. The fourth-order valence-electron chi connectivity index (χ4n) is 0.564. The molecule has 0 atom stereocenters. The normalized spacial score (nSPS) is 16.9. The van der Waals surface area contributed by atoms with Crippen molar-refractivity contribution >= 4 is 7.48 Å². The van der Waals surface area contributed by atoms with Crippen molar-refractivity contribution in [2.24, 2.45) is 0 Å². The van der Waals surface area contributed by atoms with Gasteiger partial charge in [0.25, 0.3) is 0 Å². The molecule has 1 aliphatic rings. The molecule has 1 aliphatic heterocycles. The van der Waals surface area contributed by atoms with E-state index in [2.05, 4.69) is 5.32 Å². The first-order valence-corrected chi connectivity index (χ1v) is 2.50. The largest absolute Gasteiger partial charge is 0.450 e. The molecule has 8 heavy (non-hydrogen) atoms. The summed E-state index contributed by atoms with van der Waals surface area (Å²) in [7, 11) is 1.11. The molecule has 0 aromatic rings. The van der Waals surface area contributed by atoms with E-state index in [9.17, 15) is 0 Å². The van der Waals surface area contributed by atoms with Crippen molar-refractivity contribution in [1.29, 1.82) is 0 Å². The van der Waals surface area contributed by atoms with Gasteiger partial charge in [0.1, 0.15) is 0 Å². The van der Waals surface area contributed by atoms with Crippen LogP contribution in [0.4, 0.5) is 0 Å². The Balaban J connectivity index is 2.50. The van der Waals surface area contributed by atoms with E-state index in [4.69, 9.17) is 5.02 Å². The average molecular weight is 108 g/mol. The zero-order valence-electron chi connectivity index (χ0n) is 4.46. The van der Waals surface area contributed by atoms with Gasteiger partial charge in [-0.05, 0) is 12.3 Å². The minimum Gasteiger partial charge on any atom is -0.450 e. The van der Waals surface area contributed by atoms with Gasteiger partial charge >= 0.3 is 7.48 Å². The Labute approximate surface area is 49.2 Å². The highest BCUT2D eigenvalue weighted by Crippen LogP contribution is 1.92. The van der Waals surface area contributed by atoms with Crippen LogP contribution in [0.25, 0.3) is 0 Å². The molecule has 0 saturated carbocycles. The fraction of sp³-hybridized carbons (Fsp3) is 0.200. The fourth-order valence-corrected chi connectivity index (χ4v) is 0.564. The first-order valence-electron chi connectivity index (χ1n) is 2.50. The molecule has 2 N–H and O–H groups in total. The van der Waals surface area contributed by atoms with Crippen molar-refractivity contribution in [1.82, 2.24) is 5.32 Å². The third-order valence-electron chi connectivity index (χ3n) is 0.996. The van der Waals surface area contributed by atoms with Crippen molar-refractivity contribution in [2.75, 3.05) is 6.54 Å². The third-order valence-corrected chi connectivity index (χ3v) is 0.996. The lowest BCUT2D eigenvalue weighted by Crippen LogP contribution is -2.16. The molecule has 0 amide bonds. The Morgan fingerprint density at radius 2 is 2.62 bits per heavy atom. The Hall–Kier alpha value is -0.695. The SMILES string of the molecule is O[B]C1=CC=CNC1. The highest BCUT2D eigenvalue weighted by atomic mass is 16.2. The van der Waals surface area contributed by atoms with E-state index in [1.54, 1.807) is 0 Å². The Morgan fingerprint density at radius 1 is 1.75 bits per heavy atom. The first kappa shape index (κ1) is 5.44. The standard InChI is InChI=1S/C5H7BNO/c8-6-5-2-1-3-7-4-5/h1-3,7-8H,4H2. The van der Waals surface area contributed by atoms with Gasteiger partial charge in [-0.15, -0.1) is 0 Å². The van der Waals surface area contributed by atoms with Gasteiger partial charge in [-0.2, -0.15) is 0 Å². The summed E-state index contributed by atoms with van der Waals surface area (Å²) in [5.74, 6) is 0. The van der Waals surface area contributed by atoms with E-state index in [0.29, 0.717) is 0 Å². The maximum atomic E-state index is 8.42. The van der Waals surface area contributed by atoms with E-state index in [1.165, 1.54) is 0 Å². The molecular weight excluding hydrogens is 101 g/mol. The van der Waals surface area contributed by atoms with Crippen molar-refractivity contribution in [3.05, 3.63) is 23.8 Å². The van der Waals surface area contributed by atoms with Gasteiger partial charge in [-0.25, -0.2) is 0 Å². The van der Waals surface area contributed by atoms with Crippen LogP contribution in [0.1, 0.15) is 0 Å². The van der Waals surface area contributed by atoms with Crippen LogP contribution >= 0.6 is 0 Å². The maximum absolute atomic E-state index is 8.42. The van der Waals surface area contributed by atoms with Gasteiger partial charge < -0.3 is 10.3 Å². The lowest BCUT2D eigenvalue weighted by molar-refractivity contribution is 0.608. The molecule has 41 valence electrons. The maximum Gasteiger partial charge on any atom is 0.324 e. The molecule has 0 spiro atoms. The summed E-state index contributed by atoms with van der Waals surface area (Å²) >= 11 is 0. The molecule has 1 radical (unpaired) electrons. The second-order valence-corrected chi connectivity index (χ2v) is 1.61. The molecule has 0 saturated heterocycles. The summed E-state index contributed by atoms with van der Waals surface area (Å²) in [6.07, 6.45) is 5.55. The third kappa shape index (κ3) is 1.14. The van der Waals surface area contributed by atoms with Gasteiger partial charge in [0.15, 0.2) is 0 Å². The quantitative estimate of drug-likeness (QED) is 0.448. The topological polar surface area (TPSA) is 32.3 Å². The molecule has 3 heteroatoms. The van der Waals surface area contributed by atoms with Crippen molar-refractivity contribution in [2.45, 2.75) is 0 Å². The zero-order chi connectivity index (χ0) is 5.82. The van der Waals surface area contributed by atoms with Crippen molar-refractivity contribution in [3.63, 3.8) is 0 Å². The van der Waals surface area contributed by atoms with Crippen molar-refractivity contribution < 1.29 is 5.02 Å². The number of dihydropyridines is 1. The Bertz CT molecular complexity index is 130. The van der Waals surface area contributed by atoms with Crippen LogP contribution in [0.2, 0.25) is 0 Å². The van der Waals surface area contributed by atoms with Crippen LogP contribution in [0.3, 0.4) is 0 Å².